The van der Waals surface area contributed by atoms with Crippen LogP contribution in [0.2, 0.25) is 0 Å². The van der Waals surface area contributed by atoms with Gasteiger partial charge in [-0.05, 0) is 12.1 Å². The van der Waals surface area contributed by atoms with Gasteiger partial charge in [0.2, 0.25) is 0 Å². The van der Waals surface area contributed by atoms with Crippen LogP contribution in [0.3, 0.4) is 0 Å². The Balaban J connectivity index is 2.65. The van der Waals surface area contributed by atoms with E-state index in [0.29, 0.717) is 0 Å². The first-order valence-corrected chi connectivity index (χ1v) is 6.15. The van der Waals surface area contributed by atoms with Gasteiger partial charge >= 0.3 is 5.43 Å². The van der Waals surface area contributed by atoms with Gasteiger partial charge in [-0.2, -0.15) is 0 Å². The van der Waals surface area contributed by atoms with E-state index in [0.717, 1.165) is 0 Å². The van der Waals surface area contributed by atoms with Crippen LogP contribution in [-0.2, 0) is 14.6 Å². The molecule has 0 unspecified atom stereocenters. The van der Waals surface area contributed by atoms with Crippen molar-refractivity contribution in [3.8, 4) is 0 Å². The van der Waals surface area contributed by atoms with E-state index in [1.54, 1.807) is 18.2 Å². The molecule has 6 heteroatoms. The standard InChI is InChI=1S/C9H9ClO4S/c10-9(11)14-6-7-15(12,13)8-4-2-1-3-5-8/h1-5H,6-7H2. The lowest BCUT2D eigenvalue weighted by molar-refractivity contribution is 0.180. The smallest absolute Gasteiger partial charge is 0.403 e. The van der Waals surface area contributed by atoms with Crippen LogP contribution in [0.4, 0.5) is 4.79 Å². The largest absolute Gasteiger partial charge is 0.453 e. The van der Waals surface area contributed by atoms with Crippen molar-refractivity contribution in [2.45, 2.75) is 4.90 Å². The van der Waals surface area contributed by atoms with Crippen molar-refractivity contribution in [3.05, 3.63) is 30.3 Å². The maximum atomic E-state index is 11.6. The van der Waals surface area contributed by atoms with Gasteiger partial charge in [0.15, 0.2) is 9.84 Å². The molecule has 0 bridgehead atoms. The molecule has 0 fully saturated rings. The van der Waals surface area contributed by atoms with Crippen molar-refractivity contribution in [1.82, 2.24) is 0 Å². The molecule has 82 valence electrons. The molecule has 1 aromatic rings. The molecule has 0 aliphatic carbocycles. The quantitative estimate of drug-likeness (QED) is 0.763. The summed E-state index contributed by atoms with van der Waals surface area (Å²) in [6.45, 7) is -0.237. The molecule has 1 aromatic carbocycles. The first kappa shape index (κ1) is 12.0. The molecule has 0 heterocycles. The first-order chi connectivity index (χ1) is 7.02. The first-order valence-electron chi connectivity index (χ1n) is 4.12. The highest BCUT2D eigenvalue weighted by Crippen LogP contribution is 2.09. The van der Waals surface area contributed by atoms with E-state index in [1.807, 2.05) is 0 Å². The fraction of sp³-hybridized carbons (Fsp3) is 0.222. The second-order valence-corrected chi connectivity index (χ2v) is 5.14. The monoisotopic (exact) mass is 248 g/mol. The number of sulfone groups is 1. The van der Waals surface area contributed by atoms with Crippen molar-refractivity contribution in [1.29, 1.82) is 0 Å². The molecule has 4 nitrogen and oxygen atoms in total. The maximum Gasteiger partial charge on any atom is 0.403 e. The lowest BCUT2D eigenvalue weighted by atomic mass is 10.4. The van der Waals surface area contributed by atoms with Crippen molar-refractivity contribution in [2.24, 2.45) is 0 Å². The van der Waals surface area contributed by atoms with E-state index in [9.17, 15) is 13.2 Å². The summed E-state index contributed by atoms with van der Waals surface area (Å²) >= 11 is 4.90. The zero-order valence-electron chi connectivity index (χ0n) is 7.72. The maximum absolute atomic E-state index is 11.6. The van der Waals surface area contributed by atoms with Crippen molar-refractivity contribution in [2.75, 3.05) is 12.4 Å². The van der Waals surface area contributed by atoms with Gasteiger partial charge in [-0.1, -0.05) is 18.2 Å². The van der Waals surface area contributed by atoms with E-state index in [-0.39, 0.29) is 17.3 Å². The van der Waals surface area contributed by atoms with E-state index < -0.39 is 15.3 Å². The van der Waals surface area contributed by atoms with E-state index in [2.05, 4.69) is 4.74 Å². The average molecular weight is 249 g/mol. The van der Waals surface area contributed by atoms with Crippen LogP contribution < -0.4 is 0 Å². The third-order valence-corrected chi connectivity index (χ3v) is 3.47. The van der Waals surface area contributed by atoms with Crippen LogP contribution in [0, 0.1) is 0 Å². The number of ether oxygens (including phenoxy) is 1. The summed E-state index contributed by atoms with van der Waals surface area (Å²) in [6, 6.07) is 7.94. The van der Waals surface area contributed by atoms with Crippen LogP contribution >= 0.6 is 11.6 Å². The molecule has 0 saturated carbocycles. The third kappa shape index (κ3) is 3.89. The van der Waals surface area contributed by atoms with Gasteiger partial charge in [-0.25, -0.2) is 13.2 Å². The molecule has 0 atom stereocenters. The van der Waals surface area contributed by atoms with E-state index in [4.69, 9.17) is 11.6 Å². The van der Waals surface area contributed by atoms with Crippen LogP contribution in [0.1, 0.15) is 0 Å². The predicted molar refractivity (Wildman–Crippen MR) is 55.7 cm³/mol. The summed E-state index contributed by atoms with van der Waals surface area (Å²) in [6.07, 6.45) is 0. The molecule has 0 N–H and O–H groups in total. The Kier molecular flexibility index (Phi) is 4.11. The van der Waals surface area contributed by atoms with Crippen LogP contribution in [-0.4, -0.2) is 26.2 Å². The van der Waals surface area contributed by atoms with Crippen molar-refractivity contribution >= 4 is 26.9 Å². The van der Waals surface area contributed by atoms with E-state index >= 15 is 0 Å². The van der Waals surface area contributed by atoms with Gasteiger partial charge in [-0.3, -0.25) is 0 Å². The van der Waals surface area contributed by atoms with Gasteiger partial charge in [0.05, 0.1) is 10.6 Å². The number of rotatable bonds is 4. The second-order valence-electron chi connectivity index (χ2n) is 2.72. The van der Waals surface area contributed by atoms with Crippen molar-refractivity contribution in [3.63, 3.8) is 0 Å². The van der Waals surface area contributed by atoms with Gasteiger partial charge in [-0.15, -0.1) is 0 Å². The number of halogens is 1. The SMILES string of the molecule is O=C(Cl)OCCS(=O)(=O)c1ccccc1. The molecule has 0 saturated heterocycles. The summed E-state index contributed by atoms with van der Waals surface area (Å²) in [7, 11) is -3.39. The van der Waals surface area contributed by atoms with Crippen LogP contribution in [0.15, 0.2) is 35.2 Å². The third-order valence-electron chi connectivity index (χ3n) is 1.67. The highest BCUT2D eigenvalue weighted by Gasteiger charge is 2.14. The number of carbonyl (C=O) groups excluding carboxylic acids is 1. The zero-order chi connectivity index (χ0) is 11.3. The molecule has 0 aliphatic heterocycles. The van der Waals surface area contributed by atoms with Crippen molar-refractivity contribution < 1.29 is 17.9 Å². The Morgan fingerprint density at radius 2 is 1.87 bits per heavy atom. The molecular formula is C9H9ClO4S. The van der Waals surface area contributed by atoms with Gasteiger partial charge in [0.1, 0.15) is 6.61 Å². The Labute approximate surface area is 92.7 Å². The normalized spacial score (nSPS) is 11.0. The summed E-state index contributed by atoms with van der Waals surface area (Å²) in [5, 5.41) is 0. The predicted octanol–water partition coefficient (Wildman–Crippen LogP) is 1.84. The van der Waals surface area contributed by atoms with Crippen LogP contribution in [0.25, 0.3) is 0 Å². The molecule has 0 aliphatic rings. The highest BCUT2D eigenvalue weighted by atomic mass is 35.5. The second kappa shape index (κ2) is 5.14. The number of carbonyl (C=O) groups is 1. The summed E-state index contributed by atoms with van der Waals surface area (Å²) in [5.74, 6) is -0.268. The van der Waals surface area contributed by atoms with E-state index in [1.165, 1.54) is 12.1 Å². The Morgan fingerprint density at radius 3 is 2.40 bits per heavy atom. The molecule has 1 rings (SSSR count). The topological polar surface area (TPSA) is 60.4 Å². The molecule has 0 aromatic heterocycles. The van der Waals surface area contributed by atoms with Gasteiger partial charge in [0.25, 0.3) is 0 Å². The fourth-order valence-electron chi connectivity index (χ4n) is 0.977. The minimum absolute atomic E-state index is 0.204. The van der Waals surface area contributed by atoms with Crippen LogP contribution in [0.5, 0.6) is 0 Å². The number of benzene rings is 1. The molecule has 0 spiro atoms. The Hall–Kier alpha value is -1.07. The summed E-state index contributed by atoms with van der Waals surface area (Å²) < 4.78 is 27.5. The Morgan fingerprint density at radius 1 is 1.27 bits per heavy atom. The lowest BCUT2D eigenvalue weighted by Gasteiger charge is -2.03. The zero-order valence-corrected chi connectivity index (χ0v) is 9.29. The number of hydrogen-bond acceptors (Lipinski definition) is 4. The lowest BCUT2D eigenvalue weighted by Crippen LogP contribution is -2.13. The fourth-order valence-corrected chi connectivity index (χ4v) is 2.16. The molecular weight excluding hydrogens is 240 g/mol. The number of hydrogen-bond donors (Lipinski definition) is 0. The van der Waals surface area contributed by atoms with Gasteiger partial charge in [0, 0.05) is 11.6 Å². The average Bonchev–Trinajstić information content (AvgIpc) is 2.18. The Bertz CT molecular complexity index is 427. The minimum atomic E-state index is -3.39. The minimum Gasteiger partial charge on any atom is -0.453 e. The summed E-state index contributed by atoms with van der Waals surface area (Å²) in [5.41, 5.74) is -1.00. The summed E-state index contributed by atoms with van der Waals surface area (Å²) in [4.78, 5) is 10.4. The molecule has 15 heavy (non-hydrogen) atoms. The van der Waals surface area contributed by atoms with Gasteiger partial charge < -0.3 is 4.74 Å². The highest BCUT2D eigenvalue weighted by molar-refractivity contribution is 7.91. The molecule has 0 radical (unpaired) electrons. The molecule has 0 amide bonds.